The van der Waals surface area contributed by atoms with E-state index in [9.17, 15) is 43.5 Å². The Bertz CT molecular complexity index is 2260. The van der Waals surface area contributed by atoms with Crippen molar-refractivity contribution in [1.29, 1.82) is 0 Å². The second-order valence-corrected chi connectivity index (χ2v) is 18.8. The van der Waals surface area contributed by atoms with Gasteiger partial charge in [0.05, 0.1) is 12.6 Å². The summed E-state index contributed by atoms with van der Waals surface area (Å²) < 4.78 is 0. The van der Waals surface area contributed by atoms with Crippen LogP contribution < -0.4 is 77.4 Å². The van der Waals surface area contributed by atoms with Gasteiger partial charge in [-0.05, 0) is 50.2 Å². The van der Waals surface area contributed by atoms with Crippen molar-refractivity contribution in [2.45, 2.75) is 105 Å². The van der Waals surface area contributed by atoms with E-state index in [0.29, 0.717) is 17.5 Å². The minimum Gasteiger partial charge on any atom is -0.480 e. The summed E-state index contributed by atoms with van der Waals surface area (Å²) in [5.41, 5.74) is 40.0. The number of amides is 7. The van der Waals surface area contributed by atoms with E-state index in [4.69, 9.17) is 40.1 Å². The highest BCUT2D eigenvalue weighted by Gasteiger charge is 2.34. The molecule has 0 saturated carbocycles. The number of carbonyl (C=O) groups excluding carboxylic acids is 7. The predicted molar refractivity (Wildman–Crippen MR) is 291 cm³/mol. The molecule has 0 fully saturated rings. The van der Waals surface area contributed by atoms with Crippen LogP contribution in [0.15, 0.2) is 75.6 Å². The van der Waals surface area contributed by atoms with Gasteiger partial charge in [-0.2, -0.15) is 25.3 Å². The molecular weight excluding hydrogens is 1070 g/mol. The maximum absolute atomic E-state index is 14.5. The molecule has 7 amide bonds. The number of carboxylic acid groups (broad SMARTS) is 1. The number of rotatable bonds is 33. The summed E-state index contributed by atoms with van der Waals surface area (Å²) >= 11 is 11.7. The van der Waals surface area contributed by atoms with E-state index in [1.54, 1.807) is 60.7 Å². The quantitative estimate of drug-likeness (QED) is 0.0106. The number of thiol groups is 2. The monoisotopic (exact) mass is 1140 g/mol. The van der Waals surface area contributed by atoms with Crippen molar-refractivity contribution in [2.24, 2.45) is 55.1 Å². The first-order valence-electron chi connectivity index (χ1n) is 23.3. The Labute approximate surface area is 448 Å². The van der Waals surface area contributed by atoms with Crippen LogP contribution in [0.3, 0.4) is 0 Å². The van der Waals surface area contributed by atoms with Crippen LogP contribution in [-0.4, -0.2) is 155 Å². The van der Waals surface area contributed by atoms with Crippen LogP contribution in [0.4, 0.5) is 0 Å². The molecule has 0 bridgehead atoms. The number of benzene rings is 2. The molecular formula is C45H70BrN17O9S2. The summed E-state index contributed by atoms with van der Waals surface area (Å²) in [7, 11) is 0. The van der Waals surface area contributed by atoms with Crippen molar-refractivity contribution in [3.8, 4) is 0 Å². The highest BCUT2D eigenvalue weighted by molar-refractivity contribution is 9.09. The molecule has 9 atom stereocenters. The Morgan fingerprint density at radius 2 is 0.919 bits per heavy atom. The molecule has 0 saturated heterocycles. The molecule has 0 aromatic heterocycles. The lowest BCUT2D eigenvalue weighted by molar-refractivity contribution is -0.141. The summed E-state index contributed by atoms with van der Waals surface area (Å²) in [6, 6.07) is 6.63. The van der Waals surface area contributed by atoms with Crippen LogP contribution in [0.2, 0.25) is 0 Å². The lowest BCUT2D eigenvalue weighted by Gasteiger charge is -2.28. The Morgan fingerprint density at radius 3 is 1.38 bits per heavy atom. The van der Waals surface area contributed by atoms with Gasteiger partial charge in [-0.15, -0.1) is 0 Å². The Hall–Kier alpha value is -6.85. The van der Waals surface area contributed by atoms with Crippen LogP contribution in [0.1, 0.15) is 50.2 Å². The number of aliphatic carboxylic acids is 1. The zero-order chi connectivity index (χ0) is 55.3. The van der Waals surface area contributed by atoms with Crippen molar-refractivity contribution in [1.82, 2.24) is 37.2 Å². The highest BCUT2D eigenvalue weighted by atomic mass is 79.9. The molecule has 2 aromatic rings. The number of carboxylic acids is 1. The fourth-order valence-electron chi connectivity index (χ4n) is 6.73. The van der Waals surface area contributed by atoms with Gasteiger partial charge in [-0.25, -0.2) is 4.79 Å². The number of carbonyl (C=O) groups is 8. The van der Waals surface area contributed by atoms with Gasteiger partial charge in [-0.1, -0.05) is 76.6 Å². The lowest BCUT2D eigenvalue weighted by atomic mass is 10.0. The van der Waals surface area contributed by atoms with E-state index in [0.717, 1.165) is 0 Å². The Balaban J connectivity index is 2.47. The van der Waals surface area contributed by atoms with Gasteiger partial charge in [0.15, 0.2) is 17.9 Å². The third-order valence-corrected chi connectivity index (χ3v) is 12.1. The van der Waals surface area contributed by atoms with Crippen molar-refractivity contribution in [2.75, 3.05) is 31.1 Å². The van der Waals surface area contributed by atoms with Crippen LogP contribution in [-0.2, 0) is 51.2 Å². The number of nitrogens with zero attached hydrogens (tertiary/aromatic N) is 3. The summed E-state index contributed by atoms with van der Waals surface area (Å²) in [5, 5.41) is 27.7. The van der Waals surface area contributed by atoms with Crippen LogP contribution >= 0.6 is 41.2 Å². The molecule has 0 aliphatic carbocycles. The molecule has 0 heterocycles. The topological polar surface area (TPSA) is 460 Å². The van der Waals surface area contributed by atoms with E-state index in [1.165, 1.54) is 6.92 Å². The maximum atomic E-state index is 14.5. The van der Waals surface area contributed by atoms with Crippen LogP contribution in [0, 0.1) is 0 Å². The first-order valence-corrected chi connectivity index (χ1v) is 25.4. The van der Waals surface area contributed by atoms with E-state index < -0.39 is 100 Å². The molecule has 26 nitrogen and oxygen atoms in total. The van der Waals surface area contributed by atoms with E-state index in [1.807, 2.05) is 0 Å². The fraction of sp³-hybridized carbons (Fsp3) is 0.489. The molecule has 2 aromatic carbocycles. The van der Waals surface area contributed by atoms with Crippen molar-refractivity contribution >= 4 is 106 Å². The van der Waals surface area contributed by atoms with E-state index in [-0.39, 0.29) is 87.5 Å². The SMILES string of the molecule is C[C@@H](NC(=O)[C@H](CS)NC(=O)[C@@H](N)CCCN=C(N)N)C(=O)N[C@@H](CCCN=C(N)N)C(=O)N[C@H](Cc1ccccc1)C(=O)N[C@@H](CC(Br)CN=C(N)N)C(=O)N[C@H](Cc1ccccc1)C(=O)N[C@@H](CS)C(=O)O. The molecule has 2 rings (SSSR count). The van der Waals surface area contributed by atoms with Crippen molar-refractivity contribution in [3.05, 3.63) is 71.8 Å². The average molecular weight is 1140 g/mol. The Morgan fingerprint density at radius 1 is 0.527 bits per heavy atom. The van der Waals surface area contributed by atoms with Gasteiger partial charge < -0.3 is 82.5 Å². The van der Waals surface area contributed by atoms with Gasteiger partial charge in [0.1, 0.15) is 42.3 Å². The van der Waals surface area contributed by atoms with Gasteiger partial charge >= 0.3 is 5.97 Å². The molecule has 74 heavy (non-hydrogen) atoms. The van der Waals surface area contributed by atoms with Gasteiger partial charge in [0, 0.05) is 42.3 Å². The van der Waals surface area contributed by atoms with Crippen molar-refractivity contribution in [3.63, 3.8) is 0 Å². The van der Waals surface area contributed by atoms with Gasteiger partial charge in [0.2, 0.25) is 41.4 Å². The lowest BCUT2D eigenvalue weighted by Crippen LogP contribution is -2.60. The van der Waals surface area contributed by atoms with Crippen molar-refractivity contribution < 1.29 is 43.5 Å². The molecule has 22 N–H and O–H groups in total. The zero-order valence-corrected chi connectivity index (χ0v) is 44.2. The molecule has 0 spiro atoms. The molecule has 29 heteroatoms. The molecule has 1 unspecified atom stereocenters. The Kier molecular flexibility index (Phi) is 28.9. The number of hydrogen-bond donors (Lipinski definition) is 17. The second-order valence-electron chi connectivity index (χ2n) is 16.8. The minimum absolute atomic E-state index is 0.0429. The number of nitrogens with two attached hydrogens (primary N) is 7. The second kappa shape index (κ2) is 33.8. The largest absolute Gasteiger partial charge is 0.480 e. The first-order chi connectivity index (χ1) is 35.0. The number of nitrogens with one attached hydrogen (secondary N) is 7. The van der Waals surface area contributed by atoms with Crippen LogP contribution in [0.5, 0.6) is 0 Å². The summed E-state index contributed by atoms with van der Waals surface area (Å²) in [6.45, 7) is 1.57. The summed E-state index contributed by atoms with van der Waals surface area (Å²) in [5.74, 6) is -8.08. The normalized spacial score (nSPS) is 14.4. The zero-order valence-electron chi connectivity index (χ0n) is 40.8. The smallest absolute Gasteiger partial charge is 0.327 e. The number of guanidine groups is 3. The third-order valence-electron chi connectivity index (χ3n) is 10.7. The number of hydrogen-bond acceptors (Lipinski definition) is 14. The first kappa shape index (κ1) is 63.3. The van der Waals surface area contributed by atoms with Crippen LogP contribution in [0.25, 0.3) is 0 Å². The van der Waals surface area contributed by atoms with E-state index in [2.05, 4.69) is 93.4 Å². The average Bonchev–Trinajstić information content (AvgIpc) is 3.35. The summed E-state index contributed by atoms with van der Waals surface area (Å²) in [4.78, 5) is 120. The molecule has 0 aliphatic heterocycles. The molecule has 0 aliphatic rings. The number of alkyl halides is 1. The van der Waals surface area contributed by atoms with Gasteiger partial charge in [-0.3, -0.25) is 48.5 Å². The molecule has 0 radical (unpaired) electrons. The highest BCUT2D eigenvalue weighted by Crippen LogP contribution is 2.13. The predicted octanol–water partition coefficient (Wildman–Crippen LogP) is -4.31. The fourth-order valence-corrected chi connectivity index (χ4v) is 7.75. The standard InChI is InChI=1S/C45H70BrN17O9S2/c1-24(57-41(70)33(22-73)62-36(65)28(47)14-8-16-54-43(48)49)35(64)58-29(15-9-17-55-44(50)51)37(66)59-30(18-25-10-4-2-5-11-25)38(67)61-32(20-27(46)21-56-45(52)53)40(69)60-31(19-26-12-6-3-7-13-26)39(68)63-34(23-74)42(71)72/h2-7,10-13,24,27-34,73-74H,8-9,14-23,47H2,1H3,(H,57,70)(H,58,64)(H,59,66)(H,60,69)(H,61,67)(H,62,65)(H,63,68)(H,71,72)(H4,48,49,54)(H4,50,51,55)(H4,52,53,56)/t24-,27?,28+,29+,30-,31-,32+,33+,34+/m1/s1. The van der Waals surface area contributed by atoms with Gasteiger partial charge in [0.25, 0.3) is 0 Å². The molecule has 408 valence electrons. The number of aliphatic imine (C=N–C) groups is 3. The third kappa shape index (κ3) is 24.7. The number of halogens is 1. The summed E-state index contributed by atoms with van der Waals surface area (Å²) in [6.07, 6.45) is 0.261. The minimum atomic E-state index is -1.44. The van der Waals surface area contributed by atoms with E-state index >= 15 is 0 Å². The maximum Gasteiger partial charge on any atom is 0.327 e.